The van der Waals surface area contributed by atoms with Gasteiger partial charge in [0.1, 0.15) is 13.2 Å². The zero-order valence-corrected chi connectivity index (χ0v) is 45.1. The third-order valence-electron chi connectivity index (χ3n) is 12.8. The number of carbonyl (C=O) groups excluding carboxylic acids is 3. The number of esters is 3. The van der Waals surface area contributed by atoms with Crippen LogP contribution in [0.15, 0.2) is 60.8 Å². The van der Waals surface area contributed by atoms with Crippen LogP contribution in [0.1, 0.15) is 297 Å². The molecule has 0 aromatic heterocycles. The van der Waals surface area contributed by atoms with Crippen LogP contribution in [0, 0.1) is 0 Å². The van der Waals surface area contributed by atoms with Crippen molar-refractivity contribution in [2.75, 3.05) is 13.2 Å². The molecule has 0 heterocycles. The Morgan fingerprint density at radius 1 is 0.294 bits per heavy atom. The fraction of sp³-hybridized carbons (Fsp3) is 0.790. The minimum Gasteiger partial charge on any atom is -0.462 e. The second kappa shape index (κ2) is 56.7. The lowest BCUT2D eigenvalue weighted by molar-refractivity contribution is -0.167. The highest BCUT2D eigenvalue weighted by Gasteiger charge is 2.19. The van der Waals surface area contributed by atoms with Crippen molar-refractivity contribution < 1.29 is 28.6 Å². The molecular weight excluding hydrogens is 841 g/mol. The van der Waals surface area contributed by atoms with Crippen LogP contribution in [0.5, 0.6) is 0 Å². The van der Waals surface area contributed by atoms with Gasteiger partial charge < -0.3 is 14.2 Å². The third kappa shape index (κ3) is 54.1. The number of unbranched alkanes of at least 4 members (excludes halogenated alkanes) is 34. The molecule has 394 valence electrons. The van der Waals surface area contributed by atoms with Crippen LogP contribution in [0.3, 0.4) is 0 Å². The summed E-state index contributed by atoms with van der Waals surface area (Å²) in [4.78, 5) is 38.2. The Morgan fingerprint density at radius 3 is 0.853 bits per heavy atom. The van der Waals surface area contributed by atoms with Crippen LogP contribution in [0.2, 0.25) is 0 Å². The van der Waals surface area contributed by atoms with Gasteiger partial charge in [-0.25, -0.2) is 0 Å². The van der Waals surface area contributed by atoms with Gasteiger partial charge in [-0.3, -0.25) is 14.4 Å². The SMILES string of the molecule is CCCCCCC\C=C/C=C\C=C/CCCCCCCC(=O)OCC(COC(=O)CCCCCCC/C=C\CCCCCCCCC)OC(=O)CCCCCCC/C=C\CCCCCCCCC. The minimum absolute atomic E-state index is 0.0876. The molecule has 1 atom stereocenters. The molecule has 0 aromatic rings. The number of carbonyl (C=O) groups is 3. The highest BCUT2D eigenvalue weighted by molar-refractivity contribution is 5.71. The van der Waals surface area contributed by atoms with E-state index in [1.165, 1.54) is 161 Å². The summed E-state index contributed by atoms with van der Waals surface area (Å²) in [5.74, 6) is -0.913. The molecule has 0 spiro atoms. The first-order valence-electron chi connectivity index (χ1n) is 29.3. The quantitative estimate of drug-likeness (QED) is 0.0199. The van der Waals surface area contributed by atoms with Gasteiger partial charge in [-0.05, 0) is 96.3 Å². The van der Waals surface area contributed by atoms with E-state index in [0.29, 0.717) is 19.3 Å². The van der Waals surface area contributed by atoms with Gasteiger partial charge in [-0.15, -0.1) is 0 Å². The lowest BCUT2D eigenvalue weighted by atomic mass is 10.1. The van der Waals surface area contributed by atoms with Crippen molar-refractivity contribution in [1.82, 2.24) is 0 Å². The summed E-state index contributed by atoms with van der Waals surface area (Å²) in [5.41, 5.74) is 0. The number of hydrogen-bond donors (Lipinski definition) is 0. The number of allylic oxidation sites excluding steroid dienone is 10. The van der Waals surface area contributed by atoms with Gasteiger partial charge in [0.05, 0.1) is 0 Å². The van der Waals surface area contributed by atoms with E-state index in [9.17, 15) is 14.4 Å². The van der Waals surface area contributed by atoms with Gasteiger partial charge in [-0.2, -0.15) is 0 Å². The van der Waals surface area contributed by atoms with Gasteiger partial charge in [0.2, 0.25) is 0 Å². The van der Waals surface area contributed by atoms with Gasteiger partial charge in [-0.1, -0.05) is 242 Å². The Hall–Kier alpha value is -2.89. The second-order valence-electron chi connectivity index (χ2n) is 19.6. The van der Waals surface area contributed by atoms with Crippen LogP contribution < -0.4 is 0 Å². The van der Waals surface area contributed by atoms with Crippen molar-refractivity contribution in [3.63, 3.8) is 0 Å². The molecular formula is C62H110O6. The molecule has 0 rings (SSSR count). The molecule has 0 aliphatic carbocycles. The van der Waals surface area contributed by atoms with E-state index in [-0.39, 0.29) is 31.1 Å². The van der Waals surface area contributed by atoms with E-state index < -0.39 is 6.10 Å². The molecule has 1 unspecified atom stereocenters. The van der Waals surface area contributed by atoms with Crippen LogP contribution in [-0.2, 0) is 28.6 Å². The first-order valence-corrected chi connectivity index (χ1v) is 29.3. The summed E-state index contributed by atoms with van der Waals surface area (Å²) in [7, 11) is 0. The molecule has 0 fully saturated rings. The molecule has 0 aromatic carbocycles. The molecule has 0 aliphatic rings. The molecule has 0 saturated carbocycles. The second-order valence-corrected chi connectivity index (χ2v) is 19.6. The van der Waals surface area contributed by atoms with E-state index in [2.05, 4.69) is 81.5 Å². The fourth-order valence-corrected chi connectivity index (χ4v) is 8.32. The Bertz CT molecular complexity index is 1230. The lowest BCUT2D eigenvalue weighted by Crippen LogP contribution is -2.30. The van der Waals surface area contributed by atoms with Gasteiger partial charge >= 0.3 is 17.9 Å². The number of rotatable bonds is 53. The maximum absolute atomic E-state index is 12.9. The molecule has 0 N–H and O–H groups in total. The Balaban J connectivity index is 4.43. The average molecular weight is 952 g/mol. The van der Waals surface area contributed by atoms with E-state index in [0.717, 1.165) is 96.3 Å². The molecule has 6 nitrogen and oxygen atoms in total. The Labute approximate surface area is 421 Å². The lowest BCUT2D eigenvalue weighted by Gasteiger charge is -2.18. The first kappa shape index (κ1) is 65.1. The van der Waals surface area contributed by atoms with Crippen LogP contribution in [-0.4, -0.2) is 37.2 Å². The largest absolute Gasteiger partial charge is 0.462 e. The molecule has 68 heavy (non-hydrogen) atoms. The topological polar surface area (TPSA) is 78.9 Å². The molecule has 0 radical (unpaired) electrons. The highest BCUT2D eigenvalue weighted by atomic mass is 16.6. The van der Waals surface area contributed by atoms with E-state index in [1.54, 1.807) is 0 Å². The van der Waals surface area contributed by atoms with Gasteiger partial charge in [0.15, 0.2) is 6.10 Å². The number of ether oxygens (including phenoxy) is 3. The standard InChI is InChI=1S/C62H110O6/c1-4-7-10-13-16-19-22-25-28-31-32-35-37-40-43-46-49-52-55-61(64)67-58-59(68-62(65)56-53-50-47-44-41-38-34-30-27-24-21-18-15-12-9-6-3)57-66-60(63)54-51-48-45-42-39-36-33-29-26-23-20-17-14-11-8-5-2/h22,25,28-35,59H,4-21,23-24,26-27,36-58H2,1-3H3/b25-22-,31-28-,33-29-,34-30-,35-32-. The summed E-state index contributed by atoms with van der Waals surface area (Å²) >= 11 is 0. The van der Waals surface area contributed by atoms with Crippen molar-refractivity contribution in [2.24, 2.45) is 0 Å². The van der Waals surface area contributed by atoms with Gasteiger partial charge in [0.25, 0.3) is 0 Å². The van der Waals surface area contributed by atoms with Crippen molar-refractivity contribution in [1.29, 1.82) is 0 Å². The van der Waals surface area contributed by atoms with Crippen LogP contribution in [0.4, 0.5) is 0 Å². The summed E-state index contributed by atoms with van der Waals surface area (Å²) < 4.78 is 16.9. The van der Waals surface area contributed by atoms with Crippen molar-refractivity contribution in [3.8, 4) is 0 Å². The van der Waals surface area contributed by atoms with Crippen LogP contribution >= 0.6 is 0 Å². The smallest absolute Gasteiger partial charge is 0.306 e. The highest BCUT2D eigenvalue weighted by Crippen LogP contribution is 2.15. The summed E-state index contributed by atoms with van der Waals surface area (Å²) in [6, 6.07) is 0. The molecule has 0 saturated heterocycles. The minimum atomic E-state index is -0.790. The maximum atomic E-state index is 12.9. The van der Waals surface area contributed by atoms with Crippen molar-refractivity contribution in [2.45, 2.75) is 303 Å². The first-order chi connectivity index (χ1) is 33.5. The Kier molecular flexibility index (Phi) is 54.3. The molecule has 0 amide bonds. The molecule has 6 heteroatoms. The number of hydrogen-bond acceptors (Lipinski definition) is 6. The van der Waals surface area contributed by atoms with Crippen molar-refractivity contribution in [3.05, 3.63) is 60.8 Å². The maximum Gasteiger partial charge on any atom is 0.306 e. The summed E-state index contributed by atoms with van der Waals surface area (Å²) in [5, 5.41) is 0. The van der Waals surface area contributed by atoms with Crippen molar-refractivity contribution >= 4 is 17.9 Å². The predicted molar refractivity (Wildman–Crippen MR) is 293 cm³/mol. The third-order valence-corrected chi connectivity index (χ3v) is 12.8. The summed E-state index contributed by atoms with van der Waals surface area (Å²) in [6.07, 6.45) is 70.6. The zero-order chi connectivity index (χ0) is 49.3. The van der Waals surface area contributed by atoms with E-state index >= 15 is 0 Å². The summed E-state index contributed by atoms with van der Waals surface area (Å²) in [6.45, 7) is 6.61. The fourth-order valence-electron chi connectivity index (χ4n) is 8.32. The van der Waals surface area contributed by atoms with Crippen LogP contribution in [0.25, 0.3) is 0 Å². The Morgan fingerprint density at radius 2 is 0.544 bits per heavy atom. The average Bonchev–Trinajstić information content (AvgIpc) is 3.34. The monoisotopic (exact) mass is 951 g/mol. The predicted octanol–water partition coefficient (Wildman–Crippen LogP) is 19.6. The van der Waals surface area contributed by atoms with Gasteiger partial charge in [0, 0.05) is 19.3 Å². The zero-order valence-electron chi connectivity index (χ0n) is 45.1. The van der Waals surface area contributed by atoms with E-state index in [1.807, 2.05) is 0 Å². The van der Waals surface area contributed by atoms with E-state index in [4.69, 9.17) is 14.2 Å². The molecule has 0 bridgehead atoms. The molecule has 0 aliphatic heterocycles. The normalized spacial score (nSPS) is 12.5.